The summed E-state index contributed by atoms with van der Waals surface area (Å²) < 4.78 is 29.1. The van der Waals surface area contributed by atoms with Crippen molar-refractivity contribution in [2.24, 2.45) is 7.05 Å². The standard InChI is InChI=1S/C25H17ClF2N2O2/c1-29-23-12-8-17(4-2-3-16-5-9-19(26)10-6-16)13-20(23)24(31)30(25(29)32)15-18-7-11-21(27)22(28)14-18/h5-14H,3,15H2,1H3. The van der Waals surface area contributed by atoms with Gasteiger partial charge in [0, 0.05) is 24.1 Å². The van der Waals surface area contributed by atoms with Crippen LogP contribution in [-0.4, -0.2) is 9.13 Å². The molecule has 0 saturated carbocycles. The van der Waals surface area contributed by atoms with Crippen LogP contribution in [0.4, 0.5) is 8.78 Å². The molecule has 0 aliphatic rings. The monoisotopic (exact) mass is 450 g/mol. The molecule has 0 aliphatic heterocycles. The number of nitrogens with zero attached hydrogens (tertiary/aromatic N) is 2. The summed E-state index contributed by atoms with van der Waals surface area (Å²) in [6.07, 6.45) is 0.517. The highest BCUT2D eigenvalue weighted by atomic mass is 35.5. The highest BCUT2D eigenvalue weighted by Crippen LogP contribution is 2.13. The zero-order chi connectivity index (χ0) is 22.8. The summed E-state index contributed by atoms with van der Waals surface area (Å²) in [6, 6.07) is 15.7. The molecule has 160 valence electrons. The molecule has 0 aliphatic carbocycles. The van der Waals surface area contributed by atoms with Crippen molar-refractivity contribution in [3.63, 3.8) is 0 Å². The molecule has 0 bridgehead atoms. The second-order valence-electron chi connectivity index (χ2n) is 7.32. The average molecular weight is 451 g/mol. The molecule has 3 aromatic carbocycles. The van der Waals surface area contributed by atoms with Crippen molar-refractivity contribution in [2.75, 3.05) is 0 Å². The molecule has 1 aromatic heterocycles. The lowest BCUT2D eigenvalue weighted by Gasteiger charge is -2.11. The Morgan fingerprint density at radius 3 is 2.34 bits per heavy atom. The first-order valence-corrected chi connectivity index (χ1v) is 10.1. The summed E-state index contributed by atoms with van der Waals surface area (Å²) in [6.45, 7) is -0.175. The number of hydrogen-bond donors (Lipinski definition) is 0. The van der Waals surface area contributed by atoms with Crippen LogP contribution in [0.3, 0.4) is 0 Å². The Labute approximate surface area is 187 Å². The van der Waals surface area contributed by atoms with Gasteiger partial charge in [0.2, 0.25) is 0 Å². The molecule has 0 atom stereocenters. The van der Waals surface area contributed by atoms with Crippen molar-refractivity contribution in [1.29, 1.82) is 0 Å². The molecule has 0 fully saturated rings. The molecule has 0 amide bonds. The Morgan fingerprint density at radius 2 is 1.62 bits per heavy atom. The van der Waals surface area contributed by atoms with Crippen LogP contribution in [-0.2, 0) is 20.0 Å². The van der Waals surface area contributed by atoms with E-state index in [2.05, 4.69) is 11.8 Å². The molecule has 4 aromatic rings. The predicted molar refractivity (Wildman–Crippen MR) is 121 cm³/mol. The third-order valence-corrected chi connectivity index (χ3v) is 5.37. The minimum absolute atomic E-state index is 0.175. The first kappa shape index (κ1) is 21.5. The average Bonchev–Trinajstić information content (AvgIpc) is 2.79. The molecular weight excluding hydrogens is 434 g/mol. The number of rotatable bonds is 3. The van der Waals surface area contributed by atoms with E-state index in [0.717, 1.165) is 22.3 Å². The number of halogens is 3. The summed E-state index contributed by atoms with van der Waals surface area (Å²) in [5.74, 6) is 4.07. The zero-order valence-corrected chi connectivity index (χ0v) is 17.8. The Hall–Kier alpha value is -3.69. The molecule has 1 heterocycles. The minimum Gasteiger partial charge on any atom is -0.296 e. The fourth-order valence-corrected chi connectivity index (χ4v) is 3.53. The molecular formula is C25H17ClF2N2O2. The van der Waals surface area contributed by atoms with E-state index in [9.17, 15) is 18.4 Å². The quantitative estimate of drug-likeness (QED) is 0.437. The van der Waals surface area contributed by atoms with E-state index in [0.29, 0.717) is 33.5 Å². The number of benzene rings is 3. The van der Waals surface area contributed by atoms with Crippen molar-refractivity contribution < 1.29 is 8.78 Å². The van der Waals surface area contributed by atoms with Crippen LogP contribution in [0.15, 0.2) is 70.3 Å². The third kappa shape index (κ3) is 4.34. The van der Waals surface area contributed by atoms with Crippen molar-refractivity contribution in [2.45, 2.75) is 13.0 Å². The van der Waals surface area contributed by atoms with Crippen LogP contribution in [0.25, 0.3) is 10.9 Å². The lowest BCUT2D eigenvalue weighted by atomic mass is 10.1. The van der Waals surface area contributed by atoms with Crippen LogP contribution in [0.2, 0.25) is 5.02 Å². The number of aromatic nitrogens is 2. The topological polar surface area (TPSA) is 44.0 Å². The Morgan fingerprint density at radius 1 is 0.906 bits per heavy atom. The van der Waals surface area contributed by atoms with Crippen LogP contribution in [0.5, 0.6) is 0 Å². The van der Waals surface area contributed by atoms with E-state index in [4.69, 9.17) is 11.6 Å². The normalized spacial score (nSPS) is 10.8. The van der Waals surface area contributed by atoms with Gasteiger partial charge in [-0.2, -0.15) is 0 Å². The second kappa shape index (κ2) is 8.81. The fourth-order valence-electron chi connectivity index (χ4n) is 3.40. The number of hydrogen-bond acceptors (Lipinski definition) is 2. The molecule has 0 saturated heterocycles. The summed E-state index contributed by atoms with van der Waals surface area (Å²) in [5.41, 5.74) is 1.34. The van der Waals surface area contributed by atoms with E-state index in [1.165, 1.54) is 10.6 Å². The van der Waals surface area contributed by atoms with Crippen molar-refractivity contribution in [3.05, 3.63) is 115 Å². The summed E-state index contributed by atoms with van der Waals surface area (Å²) >= 11 is 5.89. The van der Waals surface area contributed by atoms with Gasteiger partial charge in [-0.15, -0.1) is 0 Å². The SMILES string of the molecule is Cn1c(=O)n(Cc2ccc(F)c(F)c2)c(=O)c2cc(C#CCc3ccc(Cl)cc3)ccc21. The number of aryl methyl sites for hydroxylation is 1. The van der Waals surface area contributed by atoms with Gasteiger partial charge in [-0.05, 0) is 53.6 Å². The van der Waals surface area contributed by atoms with Gasteiger partial charge in [0.1, 0.15) is 0 Å². The van der Waals surface area contributed by atoms with Gasteiger partial charge in [-0.25, -0.2) is 13.6 Å². The highest BCUT2D eigenvalue weighted by molar-refractivity contribution is 6.30. The van der Waals surface area contributed by atoms with E-state index in [1.54, 1.807) is 37.4 Å². The Bertz CT molecular complexity index is 1510. The van der Waals surface area contributed by atoms with Crippen LogP contribution < -0.4 is 11.2 Å². The van der Waals surface area contributed by atoms with E-state index < -0.39 is 22.9 Å². The van der Waals surface area contributed by atoms with Crippen LogP contribution >= 0.6 is 11.6 Å². The van der Waals surface area contributed by atoms with Gasteiger partial charge in [0.15, 0.2) is 11.6 Å². The fraction of sp³-hybridized carbons (Fsp3) is 0.120. The minimum atomic E-state index is -1.04. The van der Waals surface area contributed by atoms with Crippen LogP contribution in [0.1, 0.15) is 16.7 Å². The van der Waals surface area contributed by atoms with E-state index >= 15 is 0 Å². The van der Waals surface area contributed by atoms with Gasteiger partial charge in [-0.1, -0.05) is 41.6 Å². The summed E-state index contributed by atoms with van der Waals surface area (Å²) in [7, 11) is 1.55. The second-order valence-corrected chi connectivity index (χ2v) is 7.75. The molecule has 0 unspecified atom stereocenters. The Kier molecular flexibility index (Phi) is 5.93. The summed E-state index contributed by atoms with van der Waals surface area (Å²) in [5, 5.41) is 0.967. The maximum absolute atomic E-state index is 13.6. The lowest BCUT2D eigenvalue weighted by molar-refractivity contribution is 0.506. The molecule has 7 heteroatoms. The molecule has 4 rings (SSSR count). The molecule has 0 spiro atoms. The Balaban J connectivity index is 1.71. The van der Waals surface area contributed by atoms with E-state index in [-0.39, 0.29) is 6.54 Å². The smallest absolute Gasteiger partial charge is 0.296 e. The van der Waals surface area contributed by atoms with E-state index in [1.807, 2.05) is 12.1 Å². The third-order valence-electron chi connectivity index (χ3n) is 5.11. The first-order chi connectivity index (χ1) is 15.3. The van der Waals surface area contributed by atoms with Crippen molar-refractivity contribution >= 4 is 22.5 Å². The lowest BCUT2D eigenvalue weighted by Crippen LogP contribution is -2.39. The van der Waals surface area contributed by atoms with Gasteiger partial charge in [0.25, 0.3) is 5.56 Å². The summed E-state index contributed by atoms with van der Waals surface area (Å²) in [4.78, 5) is 25.8. The highest BCUT2D eigenvalue weighted by Gasteiger charge is 2.13. The van der Waals surface area contributed by atoms with Gasteiger partial charge in [0.05, 0.1) is 17.4 Å². The van der Waals surface area contributed by atoms with Crippen LogP contribution in [0, 0.1) is 23.5 Å². The predicted octanol–water partition coefficient (Wildman–Crippen LogP) is 4.27. The largest absolute Gasteiger partial charge is 0.331 e. The molecule has 0 N–H and O–H groups in total. The molecule has 32 heavy (non-hydrogen) atoms. The zero-order valence-electron chi connectivity index (χ0n) is 17.0. The number of fused-ring (bicyclic) bond motifs is 1. The van der Waals surface area contributed by atoms with Crippen molar-refractivity contribution in [3.8, 4) is 11.8 Å². The van der Waals surface area contributed by atoms with Gasteiger partial charge >= 0.3 is 5.69 Å². The maximum Gasteiger partial charge on any atom is 0.331 e. The maximum atomic E-state index is 13.6. The van der Waals surface area contributed by atoms with Crippen molar-refractivity contribution in [1.82, 2.24) is 9.13 Å². The first-order valence-electron chi connectivity index (χ1n) is 9.74. The van der Waals surface area contributed by atoms with Gasteiger partial charge in [-0.3, -0.25) is 13.9 Å². The molecule has 4 nitrogen and oxygen atoms in total. The molecule has 0 radical (unpaired) electrons. The van der Waals surface area contributed by atoms with Gasteiger partial charge < -0.3 is 0 Å².